The summed E-state index contributed by atoms with van der Waals surface area (Å²) in [6.45, 7) is 0. The Morgan fingerprint density at radius 2 is 1.80 bits per heavy atom. The summed E-state index contributed by atoms with van der Waals surface area (Å²) in [4.78, 5) is 0. The quantitative estimate of drug-likeness (QED) is 0.350. The van der Waals surface area contributed by atoms with Gasteiger partial charge in [-0.05, 0) is 70.0 Å². The summed E-state index contributed by atoms with van der Waals surface area (Å²) in [5.74, 6) is 1.66. The Morgan fingerprint density at radius 1 is 1.07 bits per heavy atom. The molecule has 0 aromatic heterocycles. The summed E-state index contributed by atoms with van der Waals surface area (Å²) in [7, 11) is 1.66. The molecule has 0 amide bonds. The second-order valence-corrected chi connectivity index (χ2v) is 9.41. The van der Waals surface area contributed by atoms with E-state index in [1.165, 1.54) is 0 Å². The molecule has 0 aliphatic carbocycles. The SMILES string of the molecule is COc1ccc([C@@H]2Oc3c(Br)cc(Br)cc3[C@H]3CC(c4ccc(Cl)cc4)=NN32)cc1. The number of benzene rings is 3. The third-order valence-electron chi connectivity index (χ3n) is 5.39. The Bertz CT molecular complexity index is 1130. The lowest BCUT2D eigenvalue weighted by atomic mass is 9.96. The minimum absolute atomic E-state index is 0.0697. The number of hydrogen-bond donors (Lipinski definition) is 0. The van der Waals surface area contributed by atoms with Crippen LogP contribution in [0.5, 0.6) is 11.5 Å². The maximum Gasteiger partial charge on any atom is 0.213 e. The van der Waals surface area contributed by atoms with Gasteiger partial charge in [-0.15, -0.1) is 0 Å². The van der Waals surface area contributed by atoms with Gasteiger partial charge in [-0.3, -0.25) is 0 Å². The second kappa shape index (κ2) is 7.91. The molecular formula is C23H17Br2ClN2O2. The maximum absolute atomic E-state index is 6.48. The molecule has 3 aromatic carbocycles. The first-order valence-electron chi connectivity index (χ1n) is 9.45. The van der Waals surface area contributed by atoms with Gasteiger partial charge in [0, 0.05) is 27.0 Å². The van der Waals surface area contributed by atoms with Gasteiger partial charge in [0.05, 0.1) is 23.3 Å². The number of halogens is 3. The number of fused-ring (bicyclic) bond motifs is 3. The van der Waals surface area contributed by atoms with Crippen molar-refractivity contribution in [1.82, 2.24) is 5.01 Å². The Kier molecular flexibility index (Phi) is 5.25. The predicted octanol–water partition coefficient (Wildman–Crippen LogP) is 7.12. The fraction of sp³-hybridized carbons (Fsp3) is 0.174. The Labute approximate surface area is 196 Å². The van der Waals surface area contributed by atoms with Crippen LogP contribution in [0.1, 0.15) is 35.4 Å². The minimum atomic E-state index is -0.337. The van der Waals surface area contributed by atoms with Crippen LogP contribution in [0.4, 0.5) is 0 Å². The van der Waals surface area contributed by atoms with Crippen LogP contribution in [-0.4, -0.2) is 17.8 Å². The van der Waals surface area contributed by atoms with Gasteiger partial charge in [0.15, 0.2) is 0 Å². The lowest BCUT2D eigenvalue weighted by Gasteiger charge is -2.38. The summed E-state index contributed by atoms with van der Waals surface area (Å²) in [6, 6.07) is 20.0. The molecule has 0 N–H and O–H groups in total. The lowest BCUT2D eigenvalue weighted by Crippen LogP contribution is -2.33. The Balaban J connectivity index is 1.60. The number of hydrazone groups is 1. The van der Waals surface area contributed by atoms with Gasteiger partial charge in [0.2, 0.25) is 6.23 Å². The predicted molar refractivity (Wildman–Crippen MR) is 125 cm³/mol. The topological polar surface area (TPSA) is 34.1 Å². The minimum Gasteiger partial charge on any atom is -0.497 e. The average molecular weight is 549 g/mol. The molecule has 2 atom stereocenters. The van der Waals surface area contributed by atoms with E-state index in [9.17, 15) is 0 Å². The molecule has 0 bridgehead atoms. The first-order valence-corrected chi connectivity index (χ1v) is 11.4. The van der Waals surface area contributed by atoms with Crippen molar-refractivity contribution in [2.24, 2.45) is 5.10 Å². The molecule has 0 radical (unpaired) electrons. The zero-order chi connectivity index (χ0) is 20.8. The number of rotatable bonds is 3. The van der Waals surface area contributed by atoms with Gasteiger partial charge in [-0.2, -0.15) is 5.10 Å². The van der Waals surface area contributed by atoms with Crippen molar-refractivity contribution < 1.29 is 9.47 Å². The van der Waals surface area contributed by atoms with Crippen LogP contribution in [0.2, 0.25) is 5.02 Å². The smallest absolute Gasteiger partial charge is 0.213 e. The number of hydrogen-bond acceptors (Lipinski definition) is 4. The van der Waals surface area contributed by atoms with Crippen LogP contribution in [0.15, 0.2) is 74.7 Å². The molecule has 0 fully saturated rings. The molecule has 2 aliphatic heterocycles. The molecule has 0 unspecified atom stereocenters. The highest BCUT2D eigenvalue weighted by Gasteiger charge is 2.41. The molecule has 3 aromatic rings. The molecule has 7 heteroatoms. The summed E-state index contributed by atoms with van der Waals surface area (Å²) in [6.07, 6.45) is 0.448. The summed E-state index contributed by atoms with van der Waals surface area (Å²) in [5, 5.41) is 7.77. The van der Waals surface area contributed by atoms with Crippen molar-refractivity contribution in [1.29, 1.82) is 0 Å². The largest absolute Gasteiger partial charge is 0.497 e. The molecular weight excluding hydrogens is 532 g/mol. The fourth-order valence-corrected chi connectivity index (χ4v) is 5.40. The fourth-order valence-electron chi connectivity index (χ4n) is 3.92. The van der Waals surface area contributed by atoms with Crippen molar-refractivity contribution >= 4 is 49.2 Å². The Morgan fingerprint density at radius 3 is 2.50 bits per heavy atom. The molecule has 0 saturated carbocycles. The maximum atomic E-state index is 6.48. The third-order valence-corrected chi connectivity index (χ3v) is 6.69. The van der Waals surface area contributed by atoms with E-state index < -0.39 is 0 Å². The lowest BCUT2D eigenvalue weighted by molar-refractivity contribution is -0.0197. The monoisotopic (exact) mass is 546 g/mol. The Hall–Kier alpha value is -2.02. The molecule has 0 saturated heterocycles. The normalized spacial score (nSPS) is 19.6. The van der Waals surface area contributed by atoms with Gasteiger partial charge in [-0.1, -0.05) is 39.7 Å². The molecule has 30 heavy (non-hydrogen) atoms. The number of ether oxygens (including phenoxy) is 2. The molecule has 2 heterocycles. The van der Waals surface area contributed by atoms with E-state index in [4.69, 9.17) is 26.2 Å². The summed E-state index contributed by atoms with van der Waals surface area (Å²) in [5.41, 5.74) is 4.21. The van der Waals surface area contributed by atoms with E-state index in [0.717, 1.165) is 49.3 Å². The molecule has 5 rings (SSSR count). The number of methoxy groups -OCH3 is 1. The molecule has 4 nitrogen and oxygen atoms in total. The highest BCUT2D eigenvalue weighted by Crippen LogP contribution is 2.50. The zero-order valence-corrected chi connectivity index (χ0v) is 19.9. The van der Waals surface area contributed by atoms with Gasteiger partial charge >= 0.3 is 0 Å². The first kappa shape index (κ1) is 19.9. The van der Waals surface area contributed by atoms with Crippen LogP contribution in [0.3, 0.4) is 0 Å². The first-order chi connectivity index (χ1) is 14.5. The highest BCUT2D eigenvalue weighted by molar-refractivity contribution is 9.11. The standard InChI is InChI=1S/C23H17Br2ClN2O2/c1-29-17-8-4-14(5-9-17)23-28-21(18-10-15(24)11-19(25)22(18)30-23)12-20(27-28)13-2-6-16(26)7-3-13/h2-11,21,23H,12H2,1H3/t21-,23+/m1/s1. The number of nitrogens with zero attached hydrogens (tertiary/aromatic N) is 2. The third kappa shape index (κ3) is 3.51. The van der Waals surface area contributed by atoms with Gasteiger partial charge in [0.1, 0.15) is 11.5 Å². The van der Waals surface area contributed by atoms with Crippen molar-refractivity contribution in [3.63, 3.8) is 0 Å². The van der Waals surface area contributed by atoms with Crippen LogP contribution < -0.4 is 9.47 Å². The van der Waals surface area contributed by atoms with Crippen molar-refractivity contribution in [2.75, 3.05) is 7.11 Å². The average Bonchev–Trinajstić information content (AvgIpc) is 3.20. The van der Waals surface area contributed by atoms with E-state index in [1.54, 1.807) is 7.11 Å². The molecule has 2 aliphatic rings. The second-order valence-electron chi connectivity index (χ2n) is 7.20. The van der Waals surface area contributed by atoms with E-state index in [1.807, 2.05) is 54.6 Å². The van der Waals surface area contributed by atoms with Crippen LogP contribution in [0.25, 0.3) is 0 Å². The van der Waals surface area contributed by atoms with Gasteiger partial charge in [0.25, 0.3) is 0 Å². The van der Waals surface area contributed by atoms with E-state index in [-0.39, 0.29) is 12.3 Å². The van der Waals surface area contributed by atoms with Crippen LogP contribution >= 0.6 is 43.5 Å². The van der Waals surface area contributed by atoms with E-state index in [2.05, 4.69) is 42.9 Å². The van der Waals surface area contributed by atoms with E-state index >= 15 is 0 Å². The van der Waals surface area contributed by atoms with Gasteiger partial charge in [-0.25, -0.2) is 5.01 Å². The van der Waals surface area contributed by atoms with E-state index in [0.29, 0.717) is 5.02 Å². The zero-order valence-electron chi connectivity index (χ0n) is 16.0. The molecule has 152 valence electrons. The van der Waals surface area contributed by atoms with Crippen molar-refractivity contribution in [2.45, 2.75) is 18.7 Å². The van der Waals surface area contributed by atoms with Crippen LogP contribution in [-0.2, 0) is 0 Å². The van der Waals surface area contributed by atoms with Crippen molar-refractivity contribution in [3.8, 4) is 11.5 Å². The molecule has 0 spiro atoms. The summed E-state index contributed by atoms with van der Waals surface area (Å²) >= 11 is 13.4. The van der Waals surface area contributed by atoms with Crippen LogP contribution in [0, 0.1) is 0 Å². The van der Waals surface area contributed by atoms with Crippen molar-refractivity contribution in [3.05, 3.63) is 91.3 Å². The highest BCUT2D eigenvalue weighted by atomic mass is 79.9. The van der Waals surface area contributed by atoms with Gasteiger partial charge < -0.3 is 9.47 Å². The summed E-state index contributed by atoms with van der Waals surface area (Å²) < 4.78 is 13.7.